The van der Waals surface area contributed by atoms with Gasteiger partial charge < -0.3 is 5.73 Å². The van der Waals surface area contributed by atoms with E-state index in [2.05, 4.69) is 11.9 Å². The zero-order chi connectivity index (χ0) is 14.7. The lowest BCUT2D eigenvalue weighted by molar-refractivity contribution is -0.384. The molecule has 0 spiro atoms. The lowest BCUT2D eigenvalue weighted by Gasteiger charge is -2.05. The van der Waals surface area contributed by atoms with Crippen LogP contribution in [-0.2, 0) is 0 Å². The first kappa shape index (κ1) is 14.6. The molecule has 6 heteroatoms. The molecular formula is C14H17N3O2S. The van der Waals surface area contributed by atoms with Crippen LogP contribution in [0.2, 0.25) is 0 Å². The quantitative estimate of drug-likeness (QED) is 0.670. The highest BCUT2D eigenvalue weighted by molar-refractivity contribution is 7.12. The number of nitrogens with two attached hydrogens (primary N) is 1. The molecule has 0 bridgehead atoms. The van der Waals surface area contributed by atoms with Gasteiger partial charge in [-0.3, -0.25) is 10.1 Å². The summed E-state index contributed by atoms with van der Waals surface area (Å²) in [5, 5.41) is 11.7. The highest BCUT2D eigenvalue weighted by atomic mass is 32.1. The van der Waals surface area contributed by atoms with Crippen LogP contribution in [0.25, 0.3) is 11.3 Å². The van der Waals surface area contributed by atoms with Crippen molar-refractivity contribution in [3.8, 4) is 11.3 Å². The second kappa shape index (κ2) is 6.11. The summed E-state index contributed by atoms with van der Waals surface area (Å²) in [5.74, 6) is 0. The van der Waals surface area contributed by atoms with Crippen molar-refractivity contribution in [2.45, 2.75) is 32.7 Å². The molecule has 0 aliphatic heterocycles. The lowest BCUT2D eigenvalue weighted by Crippen LogP contribution is -2.09. The lowest BCUT2D eigenvalue weighted by atomic mass is 10.1. The predicted octanol–water partition coefficient (Wildman–Crippen LogP) is 3.83. The average molecular weight is 291 g/mol. The maximum absolute atomic E-state index is 10.8. The fourth-order valence-electron chi connectivity index (χ4n) is 2.04. The first-order valence-electron chi connectivity index (χ1n) is 6.50. The van der Waals surface area contributed by atoms with E-state index in [0.29, 0.717) is 0 Å². The van der Waals surface area contributed by atoms with Gasteiger partial charge >= 0.3 is 0 Å². The molecule has 0 amide bonds. The molecule has 0 saturated heterocycles. The summed E-state index contributed by atoms with van der Waals surface area (Å²) in [7, 11) is 0. The molecule has 106 valence electrons. The van der Waals surface area contributed by atoms with Gasteiger partial charge in [0.05, 0.1) is 16.7 Å². The maximum atomic E-state index is 10.8. The number of thiazole rings is 1. The normalized spacial score (nSPS) is 12.3. The Hall–Kier alpha value is -1.79. The topological polar surface area (TPSA) is 82.0 Å². The number of nitro groups is 1. The number of aryl methyl sites for hydroxylation is 1. The van der Waals surface area contributed by atoms with Gasteiger partial charge in [0, 0.05) is 22.6 Å². The van der Waals surface area contributed by atoms with Gasteiger partial charge in [-0.2, -0.15) is 0 Å². The van der Waals surface area contributed by atoms with Crippen LogP contribution in [0.4, 0.5) is 5.69 Å². The first-order valence-corrected chi connectivity index (χ1v) is 7.32. The molecule has 1 heterocycles. The van der Waals surface area contributed by atoms with Gasteiger partial charge in [-0.05, 0) is 13.3 Å². The van der Waals surface area contributed by atoms with Crippen LogP contribution in [0.3, 0.4) is 0 Å². The van der Waals surface area contributed by atoms with E-state index in [4.69, 9.17) is 5.73 Å². The van der Waals surface area contributed by atoms with Gasteiger partial charge in [-0.1, -0.05) is 25.5 Å². The van der Waals surface area contributed by atoms with E-state index in [-0.39, 0.29) is 11.7 Å². The number of nitrogens with zero attached hydrogens (tertiary/aromatic N) is 2. The Bertz CT molecular complexity index is 625. The Kier molecular flexibility index (Phi) is 4.46. The summed E-state index contributed by atoms with van der Waals surface area (Å²) in [5.41, 5.74) is 7.72. The molecule has 2 rings (SSSR count). The molecule has 2 aromatic rings. The zero-order valence-electron chi connectivity index (χ0n) is 11.5. The second-order valence-electron chi connectivity index (χ2n) is 4.66. The Morgan fingerprint density at radius 2 is 2.25 bits per heavy atom. The van der Waals surface area contributed by atoms with Crippen molar-refractivity contribution < 1.29 is 4.92 Å². The van der Waals surface area contributed by atoms with Crippen molar-refractivity contribution in [3.05, 3.63) is 44.3 Å². The van der Waals surface area contributed by atoms with Crippen LogP contribution >= 0.6 is 11.3 Å². The Labute approximate surface area is 121 Å². The minimum absolute atomic E-state index is 0.0591. The summed E-state index contributed by atoms with van der Waals surface area (Å²) >= 11 is 1.57. The number of hydrogen-bond donors (Lipinski definition) is 1. The van der Waals surface area contributed by atoms with E-state index in [1.807, 2.05) is 13.0 Å². The molecular weight excluding hydrogens is 274 g/mol. The molecule has 1 unspecified atom stereocenters. The third-order valence-electron chi connectivity index (χ3n) is 3.06. The Morgan fingerprint density at radius 3 is 2.90 bits per heavy atom. The van der Waals surface area contributed by atoms with Crippen LogP contribution in [0.1, 0.15) is 35.7 Å². The van der Waals surface area contributed by atoms with Gasteiger partial charge in [0.1, 0.15) is 5.01 Å². The smallest absolute Gasteiger partial charge is 0.270 e. The average Bonchev–Trinajstić information content (AvgIpc) is 2.81. The Balaban J connectivity index is 2.38. The maximum Gasteiger partial charge on any atom is 0.270 e. The minimum atomic E-state index is -0.394. The molecule has 2 N–H and O–H groups in total. The molecule has 5 nitrogen and oxygen atoms in total. The van der Waals surface area contributed by atoms with Gasteiger partial charge in [-0.25, -0.2) is 4.98 Å². The molecule has 1 atom stereocenters. The number of non-ortho nitro benzene ring substituents is 1. The molecule has 20 heavy (non-hydrogen) atoms. The van der Waals surface area contributed by atoms with Crippen LogP contribution in [0, 0.1) is 17.0 Å². The van der Waals surface area contributed by atoms with Crippen molar-refractivity contribution >= 4 is 17.0 Å². The molecule has 1 aromatic carbocycles. The fraction of sp³-hybridized carbons (Fsp3) is 0.357. The minimum Gasteiger partial charge on any atom is -0.322 e. The van der Waals surface area contributed by atoms with Crippen molar-refractivity contribution in [3.63, 3.8) is 0 Å². The summed E-state index contributed by atoms with van der Waals surface area (Å²) in [6.45, 7) is 4.05. The molecule has 0 aliphatic carbocycles. The van der Waals surface area contributed by atoms with E-state index in [1.54, 1.807) is 23.5 Å². The molecule has 0 radical (unpaired) electrons. The van der Waals surface area contributed by atoms with Crippen molar-refractivity contribution in [1.29, 1.82) is 0 Å². The number of hydrogen-bond acceptors (Lipinski definition) is 5. The van der Waals surface area contributed by atoms with Crippen LogP contribution in [-0.4, -0.2) is 9.91 Å². The second-order valence-corrected chi connectivity index (χ2v) is 5.89. The monoisotopic (exact) mass is 291 g/mol. The summed E-state index contributed by atoms with van der Waals surface area (Å²) in [6, 6.07) is 6.49. The largest absolute Gasteiger partial charge is 0.322 e. The van der Waals surface area contributed by atoms with E-state index in [0.717, 1.165) is 34.0 Å². The predicted molar refractivity (Wildman–Crippen MR) is 80.8 cm³/mol. The van der Waals surface area contributed by atoms with Crippen molar-refractivity contribution in [1.82, 2.24) is 4.98 Å². The van der Waals surface area contributed by atoms with Gasteiger partial charge in [0.25, 0.3) is 5.69 Å². The van der Waals surface area contributed by atoms with E-state index in [1.165, 1.54) is 6.07 Å². The van der Waals surface area contributed by atoms with Crippen LogP contribution in [0.15, 0.2) is 24.3 Å². The van der Waals surface area contributed by atoms with Crippen LogP contribution in [0.5, 0.6) is 0 Å². The molecule has 1 aromatic heterocycles. The fourth-order valence-corrected chi connectivity index (χ4v) is 3.02. The highest BCUT2D eigenvalue weighted by Crippen LogP contribution is 2.32. The third-order valence-corrected chi connectivity index (χ3v) is 4.16. The van der Waals surface area contributed by atoms with Gasteiger partial charge in [0.15, 0.2) is 0 Å². The third kappa shape index (κ3) is 3.02. The number of benzene rings is 1. The SMILES string of the molecule is CCCC(N)c1nc(-c2cccc([N+](=O)[O-])c2)c(C)s1. The number of nitro benzene ring substituents is 1. The van der Waals surface area contributed by atoms with Crippen molar-refractivity contribution in [2.75, 3.05) is 0 Å². The van der Waals surface area contributed by atoms with E-state index >= 15 is 0 Å². The van der Waals surface area contributed by atoms with Gasteiger partial charge in [-0.15, -0.1) is 11.3 Å². The van der Waals surface area contributed by atoms with E-state index in [9.17, 15) is 10.1 Å². The van der Waals surface area contributed by atoms with E-state index < -0.39 is 4.92 Å². The highest BCUT2D eigenvalue weighted by Gasteiger charge is 2.16. The standard InChI is InChI=1S/C14H17N3O2S/c1-3-5-12(15)14-16-13(9(2)20-14)10-6-4-7-11(8-10)17(18)19/h4,6-8,12H,3,5,15H2,1-2H3. The summed E-state index contributed by atoms with van der Waals surface area (Å²) in [6.07, 6.45) is 1.90. The van der Waals surface area contributed by atoms with Gasteiger partial charge in [0.2, 0.25) is 0 Å². The number of aromatic nitrogens is 1. The first-order chi connectivity index (χ1) is 9.52. The van der Waals surface area contributed by atoms with Crippen molar-refractivity contribution in [2.24, 2.45) is 5.73 Å². The molecule has 0 fully saturated rings. The zero-order valence-corrected chi connectivity index (χ0v) is 12.3. The number of rotatable bonds is 5. The summed E-state index contributed by atoms with van der Waals surface area (Å²) in [4.78, 5) is 16.0. The Morgan fingerprint density at radius 1 is 1.50 bits per heavy atom. The molecule has 0 saturated carbocycles. The van der Waals surface area contributed by atoms with Crippen LogP contribution < -0.4 is 5.73 Å². The summed E-state index contributed by atoms with van der Waals surface area (Å²) < 4.78 is 0. The molecule has 0 aliphatic rings.